The van der Waals surface area contributed by atoms with Crippen molar-refractivity contribution in [2.24, 2.45) is 11.8 Å². The third kappa shape index (κ3) is 8.21. The number of aromatic nitrogens is 1. The molecule has 0 saturated carbocycles. The van der Waals surface area contributed by atoms with Crippen LogP contribution in [-0.4, -0.2) is 86.5 Å². The number of rotatable bonds is 14. The molecule has 2 N–H and O–H groups in total. The minimum absolute atomic E-state index is 0.0109. The van der Waals surface area contributed by atoms with Gasteiger partial charge in [-0.15, -0.1) is 11.3 Å². The van der Waals surface area contributed by atoms with Gasteiger partial charge in [0.1, 0.15) is 18.5 Å². The number of nitrogens with zero attached hydrogens (tertiary/aromatic N) is 2. The Bertz CT molecular complexity index is 1670. The lowest BCUT2D eigenvalue weighted by atomic mass is 10.0. The molecule has 260 valence electrons. The minimum atomic E-state index is -4.07. The van der Waals surface area contributed by atoms with E-state index in [1.165, 1.54) is 16.4 Å². The zero-order valence-electron chi connectivity index (χ0n) is 27.1. The first-order valence-electron chi connectivity index (χ1n) is 16.0. The molecule has 0 radical (unpaired) electrons. The molecule has 4 heterocycles. The van der Waals surface area contributed by atoms with Gasteiger partial charge in [-0.1, -0.05) is 26.0 Å². The summed E-state index contributed by atoms with van der Waals surface area (Å²) in [5.74, 6) is 1.34. The van der Waals surface area contributed by atoms with Gasteiger partial charge in [0, 0.05) is 25.4 Å². The second-order valence-electron chi connectivity index (χ2n) is 12.5. The van der Waals surface area contributed by atoms with E-state index >= 15 is 0 Å². The van der Waals surface area contributed by atoms with Crippen molar-refractivity contribution >= 4 is 27.5 Å². The number of aliphatic hydroxyl groups is 1. The topological polar surface area (TPSA) is 155 Å². The van der Waals surface area contributed by atoms with Gasteiger partial charge < -0.3 is 38.8 Å². The maximum absolute atomic E-state index is 13.9. The lowest BCUT2D eigenvalue weighted by molar-refractivity contribution is -0.0907. The smallest absolute Gasteiger partial charge is 0.407 e. The van der Waals surface area contributed by atoms with Crippen LogP contribution in [0.3, 0.4) is 0 Å². The van der Waals surface area contributed by atoms with E-state index in [1.54, 1.807) is 23.6 Å². The molecular formula is C33H41N3O10S2. The molecule has 6 rings (SSSR count). The minimum Gasteiger partial charge on any atom is -0.488 e. The largest absolute Gasteiger partial charge is 0.488 e. The number of alkyl carbamates (subject to hydrolysis) is 1. The monoisotopic (exact) mass is 703 g/mol. The van der Waals surface area contributed by atoms with Crippen molar-refractivity contribution in [1.82, 2.24) is 14.6 Å². The zero-order valence-corrected chi connectivity index (χ0v) is 28.7. The summed E-state index contributed by atoms with van der Waals surface area (Å²) in [6.07, 6.45) is -0.206. The van der Waals surface area contributed by atoms with E-state index in [0.717, 1.165) is 15.4 Å². The Hall–Kier alpha value is -3.47. The predicted molar refractivity (Wildman–Crippen MR) is 174 cm³/mol. The third-order valence-electron chi connectivity index (χ3n) is 8.38. The Balaban J connectivity index is 1.18. The van der Waals surface area contributed by atoms with E-state index in [2.05, 4.69) is 10.3 Å². The molecule has 3 aliphatic rings. The number of fused-ring (bicyclic) bond motifs is 2. The van der Waals surface area contributed by atoms with E-state index in [4.69, 9.17) is 28.4 Å². The average molecular weight is 704 g/mol. The highest BCUT2D eigenvalue weighted by atomic mass is 32.2. The summed E-state index contributed by atoms with van der Waals surface area (Å²) in [4.78, 5) is 18.5. The molecule has 2 fully saturated rings. The Morgan fingerprint density at radius 3 is 2.67 bits per heavy atom. The lowest BCUT2D eigenvalue weighted by Crippen LogP contribution is -2.51. The number of carbonyl (C=O) groups is 1. The second-order valence-corrected chi connectivity index (χ2v) is 15.8. The Kier molecular flexibility index (Phi) is 10.7. The highest BCUT2D eigenvalue weighted by molar-refractivity contribution is 7.89. The molecule has 0 spiro atoms. The van der Waals surface area contributed by atoms with Gasteiger partial charge >= 0.3 is 6.09 Å². The number of aliphatic hydroxyl groups excluding tert-OH is 1. The van der Waals surface area contributed by atoms with Crippen LogP contribution in [0.5, 0.6) is 17.2 Å². The van der Waals surface area contributed by atoms with Gasteiger partial charge in [0.2, 0.25) is 16.8 Å². The molecule has 13 nitrogen and oxygen atoms in total. The van der Waals surface area contributed by atoms with Crippen molar-refractivity contribution in [2.75, 3.05) is 33.1 Å². The molecular weight excluding hydrogens is 663 g/mol. The van der Waals surface area contributed by atoms with E-state index < -0.39 is 40.7 Å². The number of benzene rings is 2. The van der Waals surface area contributed by atoms with Gasteiger partial charge in [-0.2, -0.15) is 4.31 Å². The fourth-order valence-electron chi connectivity index (χ4n) is 5.96. The fourth-order valence-corrected chi connectivity index (χ4v) is 8.30. The van der Waals surface area contributed by atoms with Crippen LogP contribution in [0.1, 0.15) is 35.7 Å². The number of aryl methyl sites for hydroxylation is 1. The van der Waals surface area contributed by atoms with Crippen molar-refractivity contribution in [1.29, 1.82) is 0 Å². The Labute approximate surface area is 284 Å². The van der Waals surface area contributed by atoms with Crippen LogP contribution in [-0.2, 0) is 37.3 Å². The molecule has 3 aromatic rings. The third-order valence-corrected chi connectivity index (χ3v) is 11.1. The number of ether oxygens (including phenoxy) is 6. The van der Waals surface area contributed by atoms with Crippen LogP contribution < -0.4 is 19.5 Å². The van der Waals surface area contributed by atoms with E-state index in [-0.39, 0.29) is 49.6 Å². The number of hydrogen-bond donors (Lipinski definition) is 2. The highest BCUT2D eigenvalue weighted by Crippen LogP contribution is 2.35. The SMILES string of the molecule is Cc1ncc(COc2ccc(C[C@H](NC(=O)O[C@H]3CO[C@H]4OCC[C@H]43)[C@H](O)CN(CC(C)C)S(=O)(=O)c3ccc4c(c3)OCO4)cc2)s1. The summed E-state index contributed by atoms with van der Waals surface area (Å²) in [5.41, 5.74) is 0.794. The quantitative estimate of drug-likeness (QED) is 0.252. The van der Waals surface area contributed by atoms with Gasteiger partial charge in [0.15, 0.2) is 17.8 Å². The van der Waals surface area contributed by atoms with Crippen LogP contribution in [0.15, 0.2) is 53.6 Å². The average Bonchev–Trinajstić information content (AvgIpc) is 3.86. The zero-order chi connectivity index (χ0) is 33.8. The number of carbonyl (C=O) groups excluding carboxylic acids is 1. The predicted octanol–water partition coefficient (Wildman–Crippen LogP) is 3.87. The van der Waals surface area contributed by atoms with Crippen LogP contribution in [0.2, 0.25) is 0 Å². The Morgan fingerprint density at radius 1 is 1.12 bits per heavy atom. The standard InChI is InChI=1S/C33H41N3O10S2/c1-20(2)15-36(48(39,40)25-8-9-29-30(13-25)45-19-44-29)16-28(37)27(35-33(38)46-31-18-43-32-26(31)10-11-41-32)12-22-4-6-23(7-5-22)42-17-24-14-34-21(3)47-24/h4-9,13-14,20,26-28,31-32,37H,10-12,15-19H2,1-3H3,(H,35,38)/t26-,27-,28+,31-,32+/m0/s1. The number of sulfonamides is 1. The first kappa shape index (κ1) is 34.4. The maximum Gasteiger partial charge on any atom is 0.407 e. The van der Waals surface area contributed by atoms with Crippen LogP contribution in [0.4, 0.5) is 4.79 Å². The number of thiazole rings is 1. The molecule has 2 saturated heterocycles. The maximum atomic E-state index is 13.9. The summed E-state index contributed by atoms with van der Waals surface area (Å²) >= 11 is 1.57. The van der Waals surface area contributed by atoms with Crippen LogP contribution in [0.25, 0.3) is 0 Å². The molecule has 1 aromatic heterocycles. The van der Waals surface area contributed by atoms with Gasteiger partial charge in [0.25, 0.3) is 0 Å². The van der Waals surface area contributed by atoms with Gasteiger partial charge in [-0.25, -0.2) is 18.2 Å². The van der Waals surface area contributed by atoms with Crippen LogP contribution >= 0.6 is 11.3 Å². The number of amides is 1. The van der Waals surface area contributed by atoms with Crippen molar-refractivity contribution in [3.63, 3.8) is 0 Å². The molecule has 5 atom stereocenters. The summed E-state index contributed by atoms with van der Waals surface area (Å²) in [7, 11) is -4.07. The fraction of sp³-hybridized carbons (Fsp3) is 0.515. The molecule has 0 aliphatic carbocycles. The van der Waals surface area contributed by atoms with Gasteiger partial charge in [-0.3, -0.25) is 0 Å². The lowest BCUT2D eigenvalue weighted by Gasteiger charge is -2.31. The van der Waals surface area contributed by atoms with E-state index in [0.29, 0.717) is 36.9 Å². The van der Waals surface area contributed by atoms with Crippen LogP contribution in [0, 0.1) is 18.8 Å². The number of nitrogens with one attached hydrogen (secondary N) is 1. The normalized spacial score (nSPS) is 21.3. The van der Waals surface area contributed by atoms with Crippen molar-refractivity contribution in [3.05, 3.63) is 64.1 Å². The van der Waals surface area contributed by atoms with E-state index in [9.17, 15) is 18.3 Å². The Morgan fingerprint density at radius 2 is 1.92 bits per heavy atom. The first-order valence-corrected chi connectivity index (χ1v) is 18.2. The van der Waals surface area contributed by atoms with Crippen molar-refractivity contribution < 1.29 is 46.7 Å². The number of hydrogen-bond acceptors (Lipinski definition) is 12. The van der Waals surface area contributed by atoms with Gasteiger partial charge in [-0.05, 0) is 55.5 Å². The van der Waals surface area contributed by atoms with Gasteiger partial charge in [0.05, 0.1) is 46.1 Å². The first-order chi connectivity index (χ1) is 23.0. The van der Waals surface area contributed by atoms with E-state index in [1.807, 2.05) is 45.0 Å². The molecule has 2 aromatic carbocycles. The molecule has 0 bridgehead atoms. The molecule has 1 amide bonds. The molecule has 48 heavy (non-hydrogen) atoms. The summed E-state index contributed by atoms with van der Waals surface area (Å²) in [5, 5.41) is 15.4. The molecule has 3 aliphatic heterocycles. The highest BCUT2D eigenvalue weighted by Gasteiger charge is 2.44. The molecule has 15 heteroatoms. The van der Waals surface area contributed by atoms with Crippen molar-refractivity contribution in [3.8, 4) is 17.2 Å². The summed E-state index contributed by atoms with van der Waals surface area (Å²) in [6, 6.07) is 10.9. The second kappa shape index (κ2) is 15.0. The van der Waals surface area contributed by atoms with Crippen molar-refractivity contribution in [2.45, 2.75) is 69.7 Å². The summed E-state index contributed by atoms with van der Waals surface area (Å²) in [6.45, 7) is 6.74. The molecule has 0 unspecified atom stereocenters. The summed E-state index contributed by atoms with van der Waals surface area (Å²) < 4.78 is 62.6.